The Labute approximate surface area is 168 Å². The van der Waals surface area contributed by atoms with Gasteiger partial charge >= 0.3 is 6.03 Å². The number of urea groups is 1. The van der Waals surface area contributed by atoms with Crippen LogP contribution in [0.3, 0.4) is 0 Å². The van der Waals surface area contributed by atoms with Gasteiger partial charge in [-0.25, -0.2) is 4.79 Å². The zero-order valence-corrected chi connectivity index (χ0v) is 17.3. The number of rotatable bonds is 4. The summed E-state index contributed by atoms with van der Waals surface area (Å²) in [4.78, 5) is 31.2. The van der Waals surface area contributed by atoms with E-state index in [1.165, 1.54) is 5.69 Å². The Morgan fingerprint density at radius 2 is 1.57 bits per heavy atom. The smallest absolute Gasteiger partial charge is 0.317 e. The molecule has 0 unspecified atom stereocenters. The van der Waals surface area contributed by atoms with Gasteiger partial charge in [0, 0.05) is 62.6 Å². The Morgan fingerprint density at radius 3 is 2.14 bits per heavy atom. The molecule has 2 aliphatic rings. The summed E-state index contributed by atoms with van der Waals surface area (Å²) in [5.74, 6) is 0.0108. The van der Waals surface area contributed by atoms with E-state index in [1.54, 1.807) is 4.90 Å². The first-order valence-electron chi connectivity index (χ1n) is 10.3. The normalized spacial score (nSPS) is 19.0. The molecule has 0 aliphatic carbocycles. The van der Waals surface area contributed by atoms with Crippen LogP contribution < -0.4 is 15.5 Å². The highest BCUT2D eigenvalue weighted by molar-refractivity contribution is 5.93. The molecule has 7 heteroatoms. The Hall–Kier alpha value is -2.28. The number of carbonyl (C=O) groups excluding carboxylic acids is 2. The number of likely N-dealkylation sites (N-methyl/N-ethyl adjacent to an activating group) is 1. The topological polar surface area (TPSA) is 67.9 Å². The van der Waals surface area contributed by atoms with Crippen LogP contribution in [0.15, 0.2) is 24.3 Å². The van der Waals surface area contributed by atoms with E-state index in [2.05, 4.69) is 39.6 Å². The van der Waals surface area contributed by atoms with Crippen molar-refractivity contribution < 1.29 is 9.59 Å². The molecule has 0 atom stereocenters. The number of amides is 3. The van der Waals surface area contributed by atoms with E-state index < -0.39 is 0 Å². The van der Waals surface area contributed by atoms with Gasteiger partial charge in [-0.15, -0.1) is 0 Å². The van der Waals surface area contributed by atoms with Crippen molar-refractivity contribution in [1.29, 1.82) is 0 Å². The summed E-state index contributed by atoms with van der Waals surface area (Å²) in [5.41, 5.74) is 2.04. The van der Waals surface area contributed by atoms with Crippen LogP contribution >= 0.6 is 0 Å². The van der Waals surface area contributed by atoms with Gasteiger partial charge in [0.05, 0.1) is 0 Å². The van der Waals surface area contributed by atoms with E-state index in [9.17, 15) is 9.59 Å². The lowest BCUT2D eigenvalue weighted by Gasteiger charge is -2.34. The lowest BCUT2D eigenvalue weighted by Crippen LogP contribution is -2.47. The van der Waals surface area contributed by atoms with Gasteiger partial charge in [0.2, 0.25) is 5.91 Å². The zero-order valence-electron chi connectivity index (χ0n) is 17.3. The van der Waals surface area contributed by atoms with Crippen LogP contribution in [0.5, 0.6) is 0 Å². The number of carbonyl (C=O) groups is 2. The first-order valence-corrected chi connectivity index (χ1v) is 10.3. The van der Waals surface area contributed by atoms with Crippen molar-refractivity contribution in [3.05, 3.63) is 24.3 Å². The van der Waals surface area contributed by atoms with Crippen LogP contribution in [0, 0.1) is 5.92 Å². The van der Waals surface area contributed by atoms with Gasteiger partial charge in [-0.3, -0.25) is 4.79 Å². The molecule has 0 aromatic heterocycles. The third-order valence-corrected chi connectivity index (χ3v) is 5.57. The van der Waals surface area contributed by atoms with E-state index in [-0.39, 0.29) is 23.9 Å². The molecule has 0 saturated carbocycles. The van der Waals surface area contributed by atoms with Gasteiger partial charge in [-0.05, 0) is 58.0 Å². The molecule has 3 rings (SSSR count). The Kier molecular flexibility index (Phi) is 6.78. The summed E-state index contributed by atoms with van der Waals surface area (Å²) in [5, 5.41) is 5.95. The van der Waals surface area contributed by atoms with E-state index in [0.29, 0.717) is 25.9 Å². The Bertz CT molecular complexity index is 660. The number of benzene rings is 1. The average molecular weight is 388 g/mol. The second-order valence-corrected chi connectivity index (χ2v) is 8.19. The second-order valence-electron chi connectivity index (χ2n) is 8.19. The van der Waals surface area contributed by atoms with Crippen LogP contribution in [0.1, 0.15) is 26.7 Å². The molecule has 1 aromatic carbocycles. The summed E-state index contributed by atoms with van der Waals surface area (Å²) in [7, 11) is 2.15. The maximum Gasteiger partial charge on any atom is 0.317 e. The maximum absolute atomic E-state index is 12.6. The minimum Gasteiger partial charge on any atom is -0.369 e. The van der Waals surface area contributed by atoms with Gasteiger partial charge in [-0.1, -0.05) is 0 Å². The molecule has 2 aliphatic heterocycles. The van der Waals surface area contributed by atoms with Crippen molar-refractivity contribution in [1.82, 2.24) is 15.1 Å². The number of hydrogen-bond acceptors (Lipinski definition) is 4. The predicted octanol–water partition coefficient (Wildman–Crippen LogP) is 2.21. The average Bonchev–Trinajstić information content (AvgIpc) is 2.69. The number of nitrogens with zero attached hydrogens (tertiary/aromatic N) is 3. The van der Waals surface area contributed by atoms with Gasteiger partial charge in [0.25, 0.3) is 0 Å². The summed E-state index contributed by atoms with van der Waals surface area (Å²) < 4.78 is 0. The zero-order chi connectivity index (χ0) is 20.1. The van der Waals surface area contributed by atoms with E-state index in [1.807, 2.05) is 26.0 Å². The van der Waals surface area contributed by atoms with Crippen molar-refractivity contribution >= 4 is 23.3 Å². The second kappa shape index (κ2) is 9.28. The molecular formula is C21H33N5O2. The molecule has 2 saturated heterocycles. The molecule has 2 N–H and O–H groups in total. The van der Waals surface area contributed by atoms with Crippen molar-refractivity contribution in [2.45, 2.75) is 32.7 Å². The Balaban J connectivity index is 1.47. The number of piperazine rings is 1. The maximum atomic E-state index is 12.6. The van der Waals surface area contributed by atoms with Crippen LogP contribution in [0.25, 0.3) is 0 Å². The number of likely N-dealkylation sites (tertiary alicyclic amines) is 1. The third kappa shape index (κ3) is 5.38. The highest BCUT2D eigenvalue weighted by atomic mass is 16.2. The van der Waals surface area contributed by atoms with Crippen LogP contribution in [0.2, 0.25) is 0 Å². The third-order valence-electron chi connectivity index (χ3n) is 5.57. The minimum atomic E-state index is -0.0413. The largest absolute Gasteiger partial charge is 0.369 e. The number of piperidine rings is 1. The van der Waals surface area contributed by atoms with E-state index in [4.69, 9.17) is 0 Å². The highest BCUT2D eigenvalue weighted by Gasteiger charge is 2.27. The molecule has 154 valence electrons. The van der Waals surface area contributed by atoms with Crippen molar-refractivity contribution in [2.75, 3.05) is 56.5 Å². The number of nitrogens with one attached hydrogen (secondary N) is 2. The van der Waals surface area contributed by atoms with Crippen LogP contribution in [0.4, 0.5) is 16.2 Å². The molecule has 7 nitrogen and oxygen atoms in total. The molecule has 3 amide bonds. The number of hydrogen-bond donors (Lipinski definition) is 2. The Morgan fingerprint density at radius 1 is 0.964 bits per heavy atom. The van der Waals surface area contributed by atoms with E-state index in [0.717, 1.165) is 31.9 Å². The number of anilines is 2. The molecule has 2 heterocycles. The van der Waals surface area contributed by atoms with Crippen molar-refractivity contribution in [2.24, 2.45) is 5.92 Å². The SMILES string of the molecule is CC(C)NC(=O)N1CCC(C(=O)Nc2ccc(N3CCN(C)CC3)cc2)CC1. The molecule has 1 aromatic rings. The van der Waals surface area contributed by atoms with Crippen molar-refractivity contribution in [3.63, 3.8) is 0 Å². The summed E-state index contributed by atoms with van der Waals surface area (Å²) in [6, 6.07) is 8.23. The minimum absolute atomic E-state index is 0.0339. The monoisotopic (exact) mass is 387 g/mol. The fraction of sp³-hybridized carbons (Fsp3) is 0.619. The lowest BCUT2D eigenvalue weighted by atomic mass is 9.96. The fourth-order valence-corrected chi connectivity index (χ4v) is 3.75. The quantitative estimate of drug-likeness (QED) is 0.831. The van der Waals surface area contributed by atoms with Gasteiger partial charge in [0.15, 0.2) is 0 Å². The van der Waals surface area contributed by atoms with Crippen LogP contribution in [-0.4, -0.2) is 74.1 Å². The summed E-state index contributed by atoms with van der Waals surface area (Å²) in [6.45, 7) is 9.37. The standard InChI is InChI=1S/C21H33N5O2/c1-16(2)22-21(28)26-10-8-17(9-11-26)20(27)23-18-4-6-19(7-5-18)25-14-12-24(3)13-15-25/h4-7,16-17H,8-15H2,1-3H3,(H,22,28)(H,23,27). The van der Waals surface area contributed by atoms with Gasteiger partial charge in [-0.2, -0.15) is 0 Å². The molecule has 2 fully saturated rings. The van der Waals surface area contributed by atoms with Crippen LogP contribution in [-0.2, 0) is 4.79 Å². The first-order chi connectivity index (χ1) is 13.4. The molecule has 0 radical (unpaired) electrons. The van der Waals surface area contributed by atoms with Gasteiger partial charge in [0.1, 0.15) is 0 Å². The van der Waals surface area contributed by atoms with E-state index >= 15 is 0 Å². The predicted molar refractivity (Wildman–Crippen MR) is 113 cm³/mol. The fourth-order valence-electron chi connectivity index (χ4n) is 3.75. The molecular weight excluding hydrogens is 354 g/mol. The highest BCUT2D eigenvalue weighted by Crippen LogP contribution is 2.22. The van der Waals surface area contributed by atoms with Crippen molar-refractivity contribution in [3.8, 4) is 0 Å². The lowest BCUT2D eigenvalue weighted by molar-refractivity contribution is -0.121. The molecule has 0 bridgehead atoms. The summed E-state index contributed by atoms with van der Waals surface area (Å²) in [6.07, 6.45) is 1.41. The first kappa shape index (κ1) is 20.5. The molecule has 0 spiro atoms. The van der Waals surface area contributed by atoms with Gasteiger partial charge < -0.3 is 25.3 Å². The summed E-state index contributed by atoms with van der Waals surface area (Å²) >= 11 is 0. The molecule has 28 heavy (non-hydrogen) atoms.